The maximum Gasteiger partial charge on any atom is 0.349 e. The molecule has 27 heavy (non-hydrogen) atoms. The second-order valence-corrected chi connectivity index (χ2v) is 8.32. The first-order valence-electron chi connectivity index (χ1n) is 7.83. The number of pyridine rings is 1. The zero-order valence-corrected chi connectivity index (χ0v) is 17.2. The Labute approximate surface area is 174 Å². The third kappa shape index (κ3) is 4.12. The van der Waals surface area contributed by atoms with Gasteiger partial charge in [-0.2, -0.15) is 5.26 Å². The van der Waals surface area contributed by atoms with Gasteiger partial charge in [0.1, 0.15) is 10.9 Å². The van der Waals surface area contributed by atoms with Crippen LogP contribution in [-0.4, -0.2) is 17.6 Å². The summed E-state index contributed by atoms with van der Waals surface area (Å²) in [5, 5.41) is 10.6. The van der Waals surface area contributed by atoms with Gasteiger partial charge in [-0.05, 0) is 12.5 Å². The summed E-state index contributed by atoms with van der Waals surface area (Å²) in [5.41, 5.74) is 1.72. The lowest BCUT2D eigenvalue weighted by Gasteiger charge is -2.05. The number of nitriles is 1. The number of hydrogen-bond acceptors (Lipinski definition) is 6. The average Bonchev–Trinajstić information content (AvgIpc) is 3.04. The zero-order valence-electron chi connectivity index (χ0n) is 14.0. The van der Waals surface area contributed by atoms with Crippen molar-refractivity contribution in [2.45, 2.75) is 16.0 Å². The number of carbonyl (C=O) groups excluding carboxylic acids is 1. The Morgan fingerprint density at radius 1 is 1.26 bits per heavy atom. The number of aromatic nitrogens is 1. The molecule has 0 amide bonds. The molecule has 0 saturated heterocycles. The molecule has 2 aromatic heterocycles. The van der Waals surface area contributed by atoms with E-state index in [-0.39, 0.29) is 6.61 Å². The first-order valence-corrected chi connectivity index (χ1v) is 10.2. The topological polar surface area (TPSA) is 63.0 Å². The van der Waals surface area contributed by atoms with Crippen LogP contribution < -0.4 is 0 Å². The van der Waals surface area contributed by atoms with Crippen molar-refractivity contribution in [1.29, 1.82) is 5.26 Å². The highest BCUT2D eigenvalue weighted by Gasteiger charge is 2.26. The molecule has 0 unspecified atom stereocenters. The van der Waals surface area contributed by atoms with Crippen molar-refractivity contribution in [3.63, 3.8) is 0 Å². The number of nitrogens with zero attached hydrogens (tertiary/aromatic N) is 2. The lowest BCUT2D eigenvalue weighted by molar-refractivity contribution is 0.0533. The number of carbonyl (C=O) groups is 1. The third-order valence-corrected chi connectivity index (χ3v) is 6.81. The van der Waals surface area contributed by atoms with E-state index in [9.17, 15) is 10.1 Å². The van der Waals surface area contributed by atoms with Gasteiger partial charge in [0.2, 0.25) is 0 Å². The Bertz CT molecular complexity index is 1010. The first-order chi connectivity index (χ1) is 13.1. The van der Waals surface area contributed by atoms with Crippen LogP contribution in [0.1, 0.15) is 22.2 Å². The maximum atomic E-state index is 12.5. The monoisotopic (exact) mass is 434 g/mol. The van der Waals surface area contributed by atoms with Gasteiger partial charge in [0, 0.05) is 18.0 Å². The van der Waals surface area contributed by atoms with Crippen molar-refractivity contribution in [2.75, 3.05) is 6.61 Å². The molecule has 136 valence electrons. The van der Waals surface area contributed by atoms with Crippen LogP contribution >= 0.6 is 46.3 Å². The fourth-order valence-corrected chi connectivity index (χ4v) is 5.29. The number of hydrogen-bond donors (Lipinski definition) is 0. The van der Waals surface area contributed by atoms with Gasteiger partial charge in [-0.25, -0.2) is 4.79 Å². The molecule has 1 aromatic carbocycles. The van der Waals surface area contributed by atoms with Crippen LogP contribution in [0.15, 0.2) is 51.8 Å². The zero-order chi connectivity index (χ0) is 19.4. The van der Waals surface area contributed by atoms with Crippen LogP contribution in [0.3, 0.4) is 0 Å². The third-order valence-electron chi connectivity index (χ3n) is 3.52. The van der Waals surface area contributed by atoms with Gasteiger partial charge in [0.15, 0.2) is 0 Å². The molecule has 0 saturated carbocycles. The summed E-state index contributed by atoms with van der Waals surface area (Å²) < 4.78 is 5.81. The Kier molecular flexibility index (Phi) is 6.40. The smallest absolute Gasteiger partial charge is 0.349 e. The fourth-order valence-electron chi connectivity index (χ4n) is 2.39. The van der Waals surface area contributed by atoms with Crippen molar-refractivity contribution >= 4 is 52.3 Å². The summed E-state index contributed by atoms with van der Waals surface area (Å²) in [6, 6.07) is 11.5. The predicted octanol–water partition coefficient (Wildman–Crippen LogP) is 6.32. The molecule has 0 bridgehead atoms. The Hall–Kier alpha value is -2.04. The number of esters is 1. The van der Waals surface area contributed by atoms with Gasteiger partial charge < -0.3 is 4.74 Å². The van der Waals surface area contributed by atoms with E-state index in [0.717, 1.165) is 5.56 Å². The quantitative estimate of drug-likeness (QED) is 0.439. The molecule has 0 N–H and O–H groups in total. The van der Waals surface area contributed by atoms with Crippen molar-refractivity contribution in [3.8, 4) is 17.2 Å². The van der Waals surface area contributed by atoms with Gasteiger partial charge in [-0.15, -0.1) is 11.3 Å². The van der Waals surface area contributed by atoms with Crippen molar-refractivity contribution < 1.29 is 9.53 Å². The highest BCUT2D eigenvalue weighted by molar-refractivity contribution is 8.01. The standard InChI is InChI=1S/C19H12Cl2N2O2S2/c1-2-25-18(24)17-15(11-6-4-3-5-7-11)12(8-22)19(27-17)26-16-13(20)9-23-10-14(16)21/h3-7,9-10H,2H2,1H3. The maximum absolute atomic E-state index is 12.5. The van der Waals surface area contributed by atoms with Crippen molar-refractivity contribution in [1.82, 2.24) is 4.98 Å². The van der Waals surface area contributed by atoms with Crippen LogP contribution in [0.25, 0.3) is 11.1 Å². The van der Waals surface area contributed by atoms with Crippen molar-refractivity contribution in [3.05, 3.63) is 63.2 Å². The largest absolute Gasteiger partial charge is 0.462 e. The van der Waals surface area contributed by atoms with E-state index in [4.69, 9.17) is 27.9 Å². The molecule has 0 aliphatic carbocycles. The first kappa shape index (κ1) is 19.7. The summed E-state index contributed by atoms with van der Waals surface area (Å²) in [5.74, 6) is -0.461. The summed E-state index contributed by atoms with van der Waals surface area (Å²) >= 11 is 14.9. The number of thiophene rings is 1. The molecule has 3 aromatic rings. The van der Waals surface area contributed by atoms with Gasteiger partial charge in [0.25, 0.3) is 0 Å². The second kappa shape index (κ2) is 8.77. The highest BCUT2D eigenvalue weighted by Crippen LogP contribution is 2.47. The molecule has 0 fully saturated rings. The van der Waals surface area contributed by atoms with E-state index >= 15 is 0 Å². The average molecular weight is 435 g/mol. The summed E-state index contributed by atoms with van der Waals surface area (Å²) in [6.45, 7) is 1.99. The second-order valence-electron chi connectivity index (χ2n) is 5.20. The Morgan fingerprint density at radius 3 is 2.52 bits per heavy atom. The number of benzene rings is 1. The minimum absolute atomic E-state index is 0.247. The number of ether oxygens (including phenoxy) is 1. The lowest BCUT2D eigenvalue weighted by Crippen LogP contribution is -2.04. The summed E-state index contributed by atoms with van der Waals surface area (Å²) in [6.07, 6.45) is 2.97. The summed E-state index contributed by atoms with van der Waals surface area (Å²) in [4.78, 5) is 17.4. The minimum atomic E-state index is -0.461. The van der Waals surface area contributed by atoms with Crippen LogP contribution in [-0.2, 0) is 4.74 Å². The van der Waals surface area contributed by atoms with Crippen LogP contribution in [0, 0.1) is 11.3 Å². The Morgan fingerprint density at radius 2 is 1.93 bits per heavy atom. The van der Waals surface area contributed by atoms with Crippen molar-refractivity contribution in [2.24, 2.45) is 0 Å². The molecule has 0 spiro atoms. The predicted molar refractivity (Wildman–Crippen MR) is 109 cm³/mol. The van der Waals surface area contributed by atoms with Gasteiger partial charge >= 0.3 is 5.97 Å². The lowest BCUT2D eigenvalue weighted by atomic mass is 10.0. The summed E-state index contributed by atoms with van der Waals surface area (Å²) in [7, 11) is 0. The normalized spacial score (nSPS) is 10.4. The minimum Gasteiger partial charge on any atom is -0.462 e. The molecule has 3 rings (SSSR count). The van der Waals surface area contributed by atoms with E-state index in [0.29, 0.717) is 35.2 Å². The van der Waals surface area contributed by atoms with E-state index in [1.54, 1.807) is 6.92 Å². The van der Waals surface area contributed by atoms with E-state index in [2.05, 4.69) is 11.1 Å². The molecule has 8 heteroatoms. The Balaban J connectivity index is 2.18. The molecular weight excluding hydrogens is 423 g/mol. The van der Waals surface area contributed by atoms with E-state index in [1.165, 1.54) is 35.5 Å². The SMILES string of the molecule is CCOC(=O)c1sc(Sc2c(Cl)cncc2Cl)c(C#N)c1-c1ccccc1. The van der Waals surface area contributed by atoms with Crippen LogP contribution in [0.5, 0.6) is 0 Å². The van der Waals surface area contributed by atoms with Crippen LogP contribution in [0.4, 0.5) is 0 Å². The molecule has 4 nitrogen and oxygen atoms in total. The van der Waals surface area contributed by atoms with E-state index < -0.39 is 5.97 Å². The van der Waals surface area contributed by atoms with Gasteiger partial charge in [-0.1, -0.05) is 65.3 Å². The molecule has 0 radical (unpaired) electrons. The van der Waals surface area contributed by atoms with Crippen LogP contribution in [0.2, 0.25) is 10.0 Å². The molecule has 0 aliphatic heterocycles. The van der Waals surface area contributed by atoms with Gasteiger partial charge in [-0.3, -0.25) is 4.98 Å². The molecule has 2 heterocycles. The molecule has 0 aliphatic rings. The number of rotatable bonds is 5. The molecular formula is C19H12Cl2N2O2S2. The highest BCUT2D eigenvalue weighted by atomic mass is 35.5. The van der Waals surface area contributed by atoms with Gasteiger partial charge in [0.05, 0.1) is 31.3 Å². The fraction of sp³-hybridized carbons (Fsp3) is 0.105. The molecule has 0 atom stereocenters. The number of halogens is 2. The van der Waals surface area contributed by atoms with E-state index in [1.807, 2.05) is 30.3 Å².